The Hall–Kier alpha value is -3.11. The summed E-state index contributed by atoms with van der Waals surface area (Å²) in [5.41, 5.74) is 1.84. The number of benzene rings is 1. The standard InChI is InChI=1S/C20H22FN5O4/c21-18-9-15(1-2-17(18)14-3-6-24(7-4-14)19(29)12-27)26-11-16(30-20(26)13-28)10-25-8-5-22-23-25/h1-3,5,8-9,13,16,20,27H,4,6-7,10-12H2/t16-,20?/m0/s1. The van der Waals surface area contributed by atoms with Crippen LogP contribution in [0.1, 0.15) is 12.0 Å². The minimum atomic E-state index is -0.796. The van der Waals surface area contributed by atoms with E-state index in [-0.39, 0.29) is 12.0 Å². The van der Waals surface area contributed by atoms with Crippen LogP contribution >= 0.6 is 0 Å². The van der Waals surface area contributed by atoms with E-state index in [0.717, 1.165) is 5.57 Å². The lowest BCUT2D eigenvalue weighted by Crippen LogP contribution is -2.36. The van der Waals surface area contributed by atoms with Crippen molar-refractivity contribution in [3.8, 4) is 0 Å². The molecule has 1 amide bonds. The van der Waals surface area contributed by atoms with Gasteiger partial charge in [-0.15, -0.1) is 5.10 Å². The van der Waals surface area contributed by atoms with E-state index in [9.17, 15) is 14.0 Å². The number of aldehydes is 1. The molecule has 0 aliphatic carbocycles. The molecular formula is C20H22FN5O4. The van der Waals surface area contributed by atoms with Crippen LogP contribution in [0, 0.1) is 5.82 Å². The zero-order valence-electron chi connectivity index (χ0n) is 16.2. The quantitative estimate of drug-likeness (QED) is 0.684. The van der Waals surface area contributed by atoms with Crippen molar-refractivity contribution in [2.24, 2.45) is 0 Å². The van der Waals surface area contributed by atoms with Crippen molar-refractivity contribution in [1.29, 1.82) is 0 Å². The summed E-state index contributed by atoms with van der Waals surface area (Å²) < 4.78 is 22.3. The zero-order valence-corrected chi connectivity index (χ0v) is 16.2. The van der Waals surface area contributed by atoms with Crippen molar-refractivity contribution in [3.63, 3.8) is 0 Å². The predicted octanol–water partition coefficient (Wildman–Crippen LogP) is 0.456. The molecule has 158 valence electrons. The molecule has 1 aromatic heterocycles. The molecule has 1 unspecified atom stereocenters. The second kappa shape index (κ2) is 8.72. The molecule has 1 aromatic carbocycles. The maximum absolute atomic E-state index is 14.9. The van der Waals surface area contributed by atoms with Crippen LogP contribution in [-0.4, -0.2) is 75.8 Å². The number of aromatic nitrogens is 3. The molecule has 0 spiro atoms. The lowest BCUT2D eigenvalue weighted by Gasteiger charge is -2.26. The Morgan fingerprint density at radius 2 is 2.27 bits per heavy atom. The third-order valence-corrected chi connectivity index (χ3v) is 5.35. The fourth-order valence-electron chi connectivity index (χ4n) is 3.82. The van der Waals surface area contributed by atoms with Crippen LogP contribution in [0.15, 0.2) is 36.7 Å². The molecule has 9 nitrogen and oxygen atoms in total. The van der Waals surface area contributed by atoms with Gasteiger partial charge in [-0.25, -0.2) is 9.07 Å². The number of hydrogen-bond acceptors (Lipinski definition) is 7. The Morgan fingerprint density at radius 1 is 1.40 bits per heavy atom. The highest BCUT2D eigenvalue weighted by atomic mass is 19.1. The summed E-state index contributed by atoms with van der Waals surface area (Å²) in [6, 6.07) is 4.86. The summed E-state index contributed by atoms with van der Waals surface area (Å²) in [4.78, 5) is 26.3. The van der Waals surface area contributed by atoms with E-state index in [2.05, 4.69) is 10.3 Å². The molecule has 2 aromatic rings. The van der Waals surface area contributed by atoms with Gasteiger partial charge in [-0.2, -0.15) is 0 Å². The predicted molar refractivity (Wildman–Crippen MR) is 105 cm³/mol. The van der Waals surface area contributed by atoms with Gasteiger partial charge in [0.2, 0.25) is 5.91 Å². The van der Waals surface area contributed by atoms with Crippen molar-refractivity contribution in [2.45, 2.75) is 25.3 Å². The third kappa shape index (κ3) is 4.10. The number of amides is 1. The normalized spacial score (nSPS) is 21.6. The summed E-state index contributed by atoms with van der Waals surface area (Å²) in [5, 5.41) is 16.6. The fraction of sp³-hybridized carbons (Fsp3) is 0.400. The first-order valence-corrected chi connectivity index (χ1v) is 9.68. The molecule has 4 rings (SSSR count). The molecule has 3 heterocycles. The number of carbonyl (C=O) groups is 2. The van der Waals surface area contributed by atoms with Crippen molar-refractivity contribution >= 4 is 23.5 Å². The molecule has 2 aliphatic rings. The van der Waals surface area contributed by atoms with Crippen LogP contribution < -0.4 is 4.90 Å². The number of rotatable bonds is 6. The second-order valence-corrected chi connectivity index (χ2v) is 7.20. The van der Waals surface area contributed by atoms with Crippen LogP contribution in [0.2, 0.25) is 0 Å². The lowest BCUT2D eigenvalue weighted by molar-refractivity contribution is -0.133. The summed E-state index contributed by atoms with van der Waals surface area (Å²) in [6.45, 7) is 1.11. The first kappa shape index (κ1) is 20.2. The molecule has 2 aliphatic heterocycles. The van der Waals surface area contributed by atoms with E-state index < -0.39 is 18.7 Å². The number of halogens is 1. The Labute approximate surface area is 172 Å². The van der Waals surface area contributed by atoms with Gasteiger partial charge >= 0.3 is 0 Å². The highest BCUT2D eigenvalue weighted by molar-refractivity contribution is 5.79. The molecule has 2 atom stereocenters. The Balaban J connectivity index is 1.48. The molecule has 30 heavy (non-hydrogen) atoms. The number of aliphatic hydroxyl groups is 1. The summed E-state index contributed by atoms with van der Waals surface area (Å²) in [5.74, 6) is -0.736. The van der Waals surface area contributed by atoms with E-state index >= 15 is 0 Å². The lowest BCUT2D eigenvalue weighted by atomic mass is 9.98. The Kier molecular flexibility index (Phi) is 5.86. The van der Waals surface area contributed by atoms with Crippen LogP contribution in [-0.2, 0) is 20.9 Å². The van der Waals surface area contributed by atoms with E-state index in [1.54, 1.807) is 40.2 Å². The number of carbonyl (C=O) groups excluding carboxylic acids is 2. The van der Waals surface area contributed by atoms with E-state index in [0.29, 0.717) is 50.1 Å². The highest BCUT2D eigenvalue weighted by Gasteiger charge is 2.33. The summed E-state index contributed by atoms with van der Waals surface area (Å²) >= 11 is 0. The van der Waals surface area contributed by atoms with Crippen LogP contribution in [0.4, 0.5) is 10.1 Å². The highest BCUT2D eigenvalue weighted by Crippen LogP contribution is 2.30. The van der Waals surface area contributed by atoms with E-state index in [1.807, 2.05) is 0 Å². The minimum Gasteiger partial charge on any atom is -0.387 e. The third-order valence-electron chi connectivity index (χ3n) is 5.35. The number of anilines is 1. The zero-order chi connectivity index (χ0) is 21.1. The summed E-state index contributed by atoms with van der Waals surface area (Å²) in [6.07, 6.45) is 5.21. The van der Waals surface area contributed by atoms with Crippen molar-refractivity contribution < 1.29 is 23.8 Å². The smallest absolute Gasteiger partial charge is 0.248 e. The van der Waals surface area contributed by atoms with Crippen molar-refractivity contribution in [1.82, 2.24) is 19.9 Å². The van der Waals surface area contributed by atoms with Crippen LogP contribution in [0.3, 0.4) is 0 Å². The average molecular weight is 415 g/mol. The first-order chi connectivity index (χ1) is 14.6. The molecule has 10 heteroatoms. The Bertz CT molecular complexity index is 949. The van der Waals surface area contributed by atoms with E-state index in [4.69, 9.17) is 9.84 Å². The van der Waals surface area contributed by atoms with Gasteiger partial charge in [-0.1, -0.05) is 11.3 Å². The number of aliphatic hydroxyl groups excluding tert-OH is 1. The van der Waals surface area contributed by atoms with Gasteiger partial charge in [-0.05, 0) is 30.2 Å². The number of nitrogens with zero attached hydrogens (tertiary/aromatic N) is 5. The summed E-state index contributed by atoms with van der Waals surface area (Å²) in [7, 11) is 0. The van der Waals surface area contributed by atoms with Gasteiger partial charge in [-0.3, -0.25) is 9.59 Å². The van der Waals surface area contributed by atoms with Gasteiger partial charge in [0.25, 0.3) is 0 Å². The van der Waals surface area contributed by atoms with Gasteiger partial charge in [0.15, 0.2) is 12.5 Å². The topological polar surface area (TPSA) is 101 Å². The van der Waals surface area contributed by atoms with E-state index in [1.165, 1.54) is 11.0 Å². The first-order valence-electron chi connectivity index (χ1n) is 9.68. The molecule has 1 fully saturated rings. The second-order valence-electron chi connectivity index (χ2n) is 7.20. The molecule has 0 bridgehead atoms. The van der Waals surface area contributed by atoms with Crippen molar-refractivity contribution in [2.75, 3.05) is 31.1 Å². The number of ether oxygens (including phenoxy) is 1. The van der Waals surface area contributed by atoms with Gasteiger partial charge < -0.3 is 19.6 Å². The molecule has 1 N–H and O–H groups in total. The van der Waals surface area contributed by atoms with Gasteiger partial charge in [0.1, 0.15) is 12.4 Å². The molecular weight excluding hydrogens is 393 g/mol. The van der Waals surface area contributed by atoms with Crippen LogP contribution in [0.25, 0.3) is 5.57 Å². The monoisotopic (exact) mass is 415 g/mol. The minimum absolute atomic E-state index is 0.277. The SMILES string of the molecule is O=CC1O[C@@H](Cn2ccnn2)CN1c1ccc(C2=CCN(C(=O)CO)CC2)c(F)c1. The maximum Gasteiger partial charge on any atom is 0.248 e. The molecule has 1 saturated heterocycles. The average Bonchev–Trinajstić information content (AvgIpc) is 3.43. The van der Waals surface area contributed by atoms with Gasteiger partial charge in [0, 0.05) is 37.1 Å². The number of hydrogen-bond donors (Lipinski definition) is 1. The van der Waals surface area contributed by atoms with Gasteiger partial charge in [0.05, 0.1) is 18.8 Å². The maximum atomic E-state index is 14.9. The fourth-order valence-corrected chi connectivity index (χ4v) is 3.82. The largest absolute Gasteiger partial charge is 0.387 e. The van der Waals surface area contributed by atoms with Crippen molar-refractivity contribution in [3.05, 3.63) is 48.0 Å². The molecule has 0 radical (unpaired) electrons. The Morgan fingerprint density at radius 3 is 2.90 bits per heavy atom. The molecule has 0 saturated carbocycles. The van der Waals surface area contributed by atoms with Crippen LogP contribution in [0.5, 0.6) is 0 Å².